The molecule has 0 atom stereocenters. The van der Waals surface area contributed by atoms with E-state index in [1.54, 1.807) is 6.07 Å². The third-order valence-electron chi connectivity index (χ3n) is 1.90. The van der Waals surface area contributed by atoms with Crippen LogP contribution in [0.2, 0.25) is 0 Å². The smallest absolute Gasteiger partial charge is 0.165 e. The highest BCUT2D eigenvalue weighted by Gasteiger charge is 2.00. The second-order valence-electron chi connectivity index (χ2n) is 3.10. The van der Waals surface area contributed by atoms with E-state index in [1.807, 2.05) is 0 Å². The molecule has 0 heterocycles. The zero-order valence-electron chi connectivity index (χ0n) is 7.96. The van der Waals surface area contributed by atoms with E-state index < -0.39 is 5.82 Å². The molecule has 3 nitrogen and oxygen atoms in total. The molecule has 1 aromatic rings. The van der Waals surface area contributed by atoms with E-state index >= 15 is 0 Å². The average molecular weight is 198 g/mol. The van der Waals surface area contributed by atoms with Crippen molar-refractivity contribution in [1.82, 2.24) is 5.32 Å². The van der Waals surface area contributed by atoms with Crippen molar-refractivity contribution in [1.29, 1.82) is 0 Å². The minimum atomic E-state index is -0.580. The number of phenolic OH excluding ortho intramolecular Hbond substituents is 1. The van der Waals surface area contributed by atoms with Gasteiger partial charge >= 0.3 is 0 Å². The highest BCUT2D eigenvalue weighted by molar-refractivity contribution is 5.27. The molecule has 0 amide bonds. The summed E-state index contributed by atoms with van der Waals surface area (Å²) >= 11 is 0. The molecule has 0 radical (unpaired) electrons. The number of hydrogen-bond acceptors (Lipinski definition) is 3. The van der Waals surface area contributed by atoms with Gasteiger partial charge in [-0.05, 0) is 37.2 Å². The molecule has 0 fully saturated rings. The summed E-state index contributed by atoms with van der Waals surface area (Å²) < 4.78 is 12.9. The molecule has 0 saturated heterocycles. The van der Waals surface area contributed by atoms with E-state index in [-0.39, 0.29) is 5.75 Å². The second kappa shape index (κ2) is 5.57. The maximum absolute atomic E-state index is 12.9. The van der Waals surface area contributed by atoms with Gasteiger partial charge in [0.15, 0.2) is 11.6 Å². The van der Waals surface area contributed by atoms with Gasteiger partial charge in [0.25, 0.3) is 0 Å². The van der Waals surface area contributed by atoms with Crippen molar-refractivity contribution in [2.75, 3.05) is 13.1 Å². The van der Waals surface area contributed by atoms with Crippen LogP contribution in [0.5, 0.6) is 5.75 Å². The van der Waals surface area contributed by atoms with Crippen LogP contribution in [0.15, 0.2) is 18.2 Å². The van der Waals surface area contributed by atoms with Crippen molar-refractivity contribution in [2.45, 2.75) is 13.0 Å². The van der Waals surface area contributed by atoms with E-state index in [4.69, 9.17) is 10.8 Å². The SMILES string of the molecule is NCCCNCc1ccc(O)c(F)c1. The Labute approximate surface area is 82.7 Å². The van der Waals surface area contributed by atoms with Gasteiger partial charge in [0.2, 0.25) is 0 Å². The van der Waals surface area contributed by atoms with Crippen molar-refractivity contribution >= 4 is 0 Å². The van der Waals surface area contributed by atoms with E-state index in [1.165, 1.54) is 12.1 Å². The summed E-state index contributed by atoms with van der Waals surface area (Å²) in [5.74, 6) is -0.890. The van der Waals surface area contributed by atoms with Crippen LogP contribution in [0.3, 0.4) is 0 Å². The van der Waals surface area contributed by atoms with E-state index in [9.17, 15) is 4.39 Å². The number of benzene rings is 1. The zero-order valence-corrected chi connectivity index (χ0v) is 7.96. The Balaban J connectivity index is 2.39. The van der Waals surface area contributed by atoms with E-state index in [2.05, 4.69) is 5.32 Å². The Kier molecular flexibility index (Phi) is 4.35. The Morgan fingerprint density at radius 1 is 1.43 bits per heavy atom. The largest absolute Gasteiger partial charge is 0.505 e. The number of phenols is 1. The van der Waals surface area contributed by atoms with E-state index in [0.29, 0.717) is 13.1 Å². The number of nitrogens with one attached hydrogen (secondary N) is 1. The molecule has 4 N–H and O–H groups in total. The highest BCUT2D eigenvalue weighted by Crippen LogP contribution is 2.15. The monoisotopic (exact) mass is 198 g/mol. The Morgan fingerprint density at radius 2 is 2.21 bits per heavy atom. The first kappa shape index (κ1) is 10.9. The number of rotatable bonds is 5. The van der Waals surface area contributed by atoms with Crippen molar-refractivity contribution in [3.8, 4) is 5.75 Å². The maximum atomic E-state index is 12.9. The van der Waals surface area contributed by atoms with Gasteiger partial charge in [-0.25, -0.2) is 4.39 Å². The third kappa shape index (κ3) is 3.32. The second-order valence-corrected chi connectivity index (χ2v) is 3.10. The van der Waals surface area contributed by atoms with Crippen LogP contribution < -0.4 is 11.1 Å². The van der Waals surface area contributed by atoms with Crippen LogP contribution >= 0.6 is 0 Å². The van der Waals surface area contributed by atoms with Crippen molar-refractivity contribution in [3.05, 3.63) is 29.6 Å². The standard InChI is InChI=1S/C10H15FN2O/c11-9-6-8(2-3-10(9)14)7-13-5-1-4-12/h2-3,6,13-14H,1,4-5,7,12H2. The Bertz CT molecular complexity index is 291. The normalized spacial score (nSPS) is 10.4. The fourth-order valence-electron chi connectivity index (χ4n) is 1.12. The maximum Gasteiger partial charge on any atom is 0.165 e. The lowest BCUT2D eigenvalue weighted by Gasteiger charge is -2.04. The Morgan fingerprint density at radius 3 is 2.86 bits per heavy atom. The Hall–Kier alpha value is -1.13. The molecule has 0 aromatic heterocycles. The molecule has 0 aliphatic rings. The van der Waals surface area contributed by atoms with Gasteiger partial charge in [-0.1, -0.05) is 6.07 Å². The van der Waals surface area contributed by atoms with Gasteiger partial charge < -0.3 is 16.2 Å². The topological polar surface area (TPSA) is 58.3 Å². The average Bonchev–Trinajstić information content (AvgIpc) is 2.18. The zero-order chi connectivity index (χ0) is 10.4. The minimum Gasteiger partial charge on any atom is -0.505 e. The molecular weight excluding hydrogens is 183 g/mol. The number of nitrogens with two attached hydrogens (primary N) is 1. The summed E-state index contributed by atoms with van der Waals surface area (Å²) in [4.78, 5) is 0. The van der Waals surface area contributed by atoms with Crippen LogP contribution in [0.25, 0.3) is 0 Å². The van der Waals surface area contributed by atoms with Crippen LogP contribution in [0.1, 0.15) is 12.0 Å². The van der Waals surface area contributed by atoms with Crippen molar-refractivity contribution in [2.24, 2.45) is 5.73 Å². The number of hydrogen-bond donors (Lipinski definition) is 3. The highest BCUT2D eigenvalue weighted by atomic mass is 19.1. The molecule has 0 unspecified atom stereocenters. The third-order valence-corrected chi connectivity index (χ3v) is 1.90. The van der Waals surface area contributed by atoms with Crippen LogP contribution in [0, 0.1) is 5.82 Å². The quantitative estimate of drug-likeness (QED) is 0.618. The molecule has 0 saturated carbocycles. The van der Waals surface area contributed by atoms with Gasteiger partial charge in [0.05, 0.1) is 0 Å². The fourth-order valence-corrected chi connectivity index (χ4v) is 1.12. The fraction of sp³-hybridized carbons (Fsp3) is 0.400. The van der Waals surface area contributed by atoms with Crippen molar-refractivity contribution in [3.63, 3.8) is 0 Å². The summed E-state index contributed by atoms with van der Waals surface area (Å²) in [6.07, 6.45) is 0.903. The molecule has 1 rings (SSSR count). The van der Waals surface area contributed by atoms with Gasteiger partial charge in [-0.15, -0.1) is 0 Å². The van der Waals surface area contributed by atoms with Gasteiger partial charge in [0, 0.05) is 6.54 Å². The van der Waals surface area contributed by atoms with Gasteiger partial charge in [0.1, 0.15) is 0 Å². The van der Waals surface area contributed by atoms with Gasteiger partial charge in [-0.2, -0.15) is 0 Å². The predicted molar refractivity (Wildman–Crippen MR) is 53.4 cm³/mol. The summed E-state index contributed by atoms with van der Waals surface area (Å²) in [5.41, 5.74) is 6.14. The molecular formula is C10H15FN2O. The van der Waals surface area contributed by atoms with Gasteiger partial charge in [-0.3, -0.25) is 0 Å². The van der Waals surface area contributed by atoms with Crippen LogP contribution in [0.4, 0.5) is 4.39 Å². The lowest BCUT2D eigenvalue weighted by atomic mass is 10.2. The lowest BCUT2D eigenvalue weighted by molar-refractivity contribution is 0.431. The van der Waals surface area contributed by atoms with Crippen LogP contribution in [-0.4, -0.2) is 18.2 Å². The number of halogens is 1. The minimum absolute atomic E-state index is 0.310. The summed E-state index contributed by atoms with van der Waals surface area (Å²) in [6.45, 7) is 2.06. The summed E-state index contributed by atoms with van der Waals surface area (Å²) in [7, 11) is 0. The predicted octanol–water partition coefficient (Wildman–Crippen LogP) is 0.970. The molecule has 0 aliphatic carbocycles. The van der Waals surface area contributed by atoms with E-state index in [0.717, 1.165) is 18.5 Å². The summed E-state index contributed by atoms with van der Waals surface area (Å²) in [5, 5.41) is 12.1. The van der Waals surface area contributed by atoms with Crippen LogP contribution in [-0.2, 0) is 6.54 Å². The lowest BCUT2D eigenvalue weighted by Crippen LogP contribution is -2.17. The first-order chi connectivity index (χ1) is 6.74. The molecule has 0 aliphatic heterocycles. The first-order valence-corrected chi connectivity index (χ1v) is 4.62. The molecule has 0 bridgehead atoms. The summed E-state index contributed by atoms with van der Waals surface area (Å²) in [6, 6.07) is 4.37. The molecule has 1 aromatic carbocycles. The molecule has 14 heavy (non-hydrogen) atoms. The first-order valence-electron chi connectivity index (χ1n) is 4.62. The molecule has 4 heteroatoms. The van der Waals surface area contributed by atoms with Crippen molar-refractivity contribution < 1.29 is 9.50 Å². The molecule has 0 spiro atoms. The number of aromatic hydroxyl groups is 1. The molecule has 78 valence electrons.